The predicted molar refractivity (Wildman–Crippen MR) is 102 cm³/mol. The van der Waals surface area contributed by atoms with Crippen LogP contribution in [0.5, 0.6) is 0 Å². The van der Waals surface area contributed by atoms with Gasteiger partial charge in [-0.15, -0.1) is 0 Å². The molecule has 0 aliphatic rings. The number of esters is 1. The van der Waals surface area contributed by atoms with Gasteiger partial charge in [0.1, 0.15) is 6.54 Å². The number of rotatable bonds is 6. The molecule has 5 nitrogen and oxygen atoms in total. The first-order valence-corrected chi connectivity index (χ1v) is 8.87. The minimum atomic E-state index is -0.662. The van der Waals surface area contributed by atoms with Gasteiger partial charge in [-0.05, 0) is 67.8 Å². The highest BCUT2D eigenvalue weighted by molar-refractivity contribution is 9.10. The van der Waals surface area contributed by atoms with Gasteiger partial charge in [-0.25, -0.2) is 0 Å². The number of carbonyl (C=O) groups is 3. The third-order valence-corrected chi connectivity index (χ3v) is 4.53. The highest BCUT2D eigenvalue weighted by Gasteiger charge is 2.14. The molecule has 0 unspecified atom stereocenters. The van der Waals surface area contributed by atoms with Gasteiger partial charge in [0.2, 0.25) is 5.78 Å². The molecule has 2 aromatic rings. The second kappa shape index (κ2) is 8.76. The first kappa shape index (κ1) is 19.8. The van der Waals surface area contributed by atoms with E-state index in [1.165, 1.54) is 0 Å². The first-order valence-electron chi connectivity index (χ1n) is 8.08. The van der Waals surface area contributed by atoms with Crippen molar-refractivity contribution in [1.29, 1.82) is 0 Å². The maximum atomic E-state index is 12.3. The SMILES string of the molecule is Cc1cc(C)c(C(=O)COC(=O)CNC(=O)c2ccc(Br)cc2)cc1C. The lowest BCUT2D eigenvalue weighted by Crippen LogP contribution is -2.31. The van der Waals surface area contributed by atoms with Gasteiger partial charge in [-0.1, -0.05) is 22.0 Å². The quantitative estimate of drug-likeness (QED) is 0.576. The van der Waals surface area contributed by atoms with Gasteiger partial charge >= 0.3 is 5.97 Å². The van der Waals surface area contributed by atoms with Gasteiger partial charge < -0.3 is 10.1 Å². The number of nitrogens with one attached hydrogen (secondary N) is 1. The number of amides is 1. The number of hydrogen-bond acceptors (Lipinski definition) is 4. The Morgan fingerprint density at radius 2 is 1.58 bits per heavy atom. The Morgan fingerprint density at radius 3 is 2.23 bits per heavy atom. The van der Waals surface area contributed by atoms with Gasteiger partial charge in [0, 0.05) is 15.6 Å². The van der Waals surface area contributed by atoms with E-state index in [0.717, 1.165) is 21.2 Å². The number of halogens is 1. The molecule has 0 aliphatic heterocycles. The Kier molecular flexibility index (Phi) is 6.69. The number of aryl methyl sites for hydroxylation is 3. The summed E-state index contributed by atoms with van der Waals surface area (Å²) >= 11 is 3.29. The first-order chi connectivity index (χ1) is 12.3. The van der Waals surface area contributed by atoms with Crippen LogP contribution in [-0.2, 0) is 9.53 Å². The fourth-order valence-corrected chi connectivity index (χ4v) is 2.66. The van der Waals surface area contributed by atoms with Crippen LogP contribution in [0.3, 0.4) is 0 Å². The van der Waals surface area contributed by atoms with Crippen LogP contribution in [0.4, 0.5) is 0 Å². The van der Waals surface area contributed by atoms with Crippen molar-refractivity contribution in [2.24, 2.45) is 0 Å². The second-order valence-corrected chi connectivity index (χ2v) is 6.94. The average molecular weight is 418 g/mol. The summed E-state index contributed by atoms with van der Waals surface area (Å²) < 4.78 is 5.83. The molecule has 0 fully saturated rings. The zero-order chi connectivity index (χ0) is 19.3. The molecule has 6 heteroatoms. The average Bonchev–Trinajstić information content (AvgIpc) is 2.61. The lowest BCUT2D eigenvalue weighted by atomic mass is 9.98. The molecule has 0 aromatic heterocycles. The predicted octanol–water partition coefficient (Wildman–Crippen LogP) is 3.53. The zero-order valence-electron chi connectivity index (χ0n) is 14.9. The summed E-state index contributed by atoms with van der Waals surface area (Å²) in [7, 11) is 0. The summed E-state index contributed by atoms with van der Waals surface area (Å²) in [5.41, 5.74) is 3.93. The van der Waals surface area contributed by atoms with Gasteiger partial charge in [0.15, 0.2) is 6.61 Å². The Bertz CT molecular complexity index is 844. The van der Waals surface area contributed by atoms with E-state index < -0.39 is 5.97 Å². The van der Waals surface area contributed by atoms with E-state index in [9.17, 15) is 14.4 Å². The fraction of sp³-hybridized carbons (Fsp3) is 0.250. The highest BCUT2D eigenvalue weighted by atomic mass is 79.9. The lowest BCUT2D eigenvalue weighted by molar-refractivity contribution is -0.141. The van der Waals surface area contributed by atoms with E-state index in [-0.39, 0.29) is 24.8 Å². The van der Waals surface area contributed by atoms with E-state index in [4.69, 9.17) is 4.74 Å². The summed E-state index contributed by atoms with van der Waals surface area (Å²) in [5.74, 6) is -1.31. The fourth-order valence-electron chi connectivity index (χ4n) is 2.39. The molecule has 0 saturated carbocycles. The number of Topliss-reactive ketones (excluding diaryl/α,β-unsaturated/α-hetero) is 1. The molecular formula is C20H20BrNO4. The van der Waals surface area contributed by atoms with Crippen LogP contribution < -0.4 is 5.32 Å². The van der Waals surface area contributed by atoms with Gasteiger partial charge in [-0.3, -0.25) is 14.4 Å². The van der Waals surface area contributed by atoms with Gasteiger partial charge in [-0.2, -0.15) is 0 Å². The number of carbonyl (C=O) groups excluding carboxylic acids is 3. The summed E-state index contributed by atoms with van der Waals surface area (Å²) in [5, 5.41) is 2.47. The van der Waals surface area contributed by atoms with Gasteiger partial charge in [0.25, 0.3) is 5.91 Å². The van der Waals surface area contributed by atoms with Crippen LogP contribution in [0, 0.1) is 20.8 Å². The van der Waals surface area contributed by atoms with Crippen molar-refractivity contribution in [3.8, 4) is 0 Å². The molecule has 26 heavy (non-hydrogen) atoms. The second-order valence-electron chi connectivity index (χ2n) is 6.02. The zero-order valence-corrected chi connectivity index (χ0v) is 16.5. The molecule has 0 spiro atoms. The summed E-state index contributed by atoms with van der Waals surface area (Å²) in [6.07, 6.45) is 0. The molecule has 0 heterocycles. The molecule has 0 aliphatic carbocycles. The molecule has 1 N–H and O–H groups in total. The van der Waals surface area contributed by atoms with Crippen molar-refractivity contribution in [1.82, 2.24) is 5.32 Å². The summed E-state index contributed by atoms with van der Waals surface area (Å²) in [6.45, 7) is 5.10. The van der Waals surface area contributed by atoms with Gasteiger partial charge in [0.05, 0.1) is 0 Å². The van der Waals surface area contributed by atoms with Crippen LogP contribution in [0.15, 0.2) is 40.9 Å². The van der Waals surface area contributed by atoms with Crippen molar-refractivity contribution < 1.29 is 19.1 Å². The maximum Gasteiger partial charge on any atom is 0.325 e. The number of benzene rings is 2. The molecule has 1 amide bonds. The van der Waals surface area contributed by atoms with Crippen molar-refractivity contribution in [3.63, 3.8) is 0 Å². The molecule has 0 radical (unpaired) electrons. The molecule has 0 atom stereocenters. The lowest BCUT2D eigenvalue weighted by Gasteiger charge is -2.10. The molecular weight excluding hydrogens is 398 g/mol. The molecule has 2 aromatic carbocycles. The van der Waals surface area contributed by atoms with E-state index in [1.807, 2.05) is 26.8 Å². The molecule has 2 rings (SSSR count). The third kappa shape index (κ3) is 5.26. The Hall–Kier alpha value is -2.47. The highest BCUT2D eigenvalue weighted by Crippen LogP contribution is 2.16. The minimum Gasteiger partial charge on any atom is -0.456 e. The van der Waals surface area contributed by atoms with Crippen LogP contribution >= 0.6 is 15.9 Å². The number of hydrogen-bond donors (Lipinski definition) is 1. The van der Waals surface area contributed by atoms with E-state index >= 15 is 0 Å². The van der Waals surface area contributed by atoms with Crippen molar-refractivity contribution in [2.75, 3.05) is 13.2 Å². The van der Waals surface area contributed by atoms with Crippen LogP contribution in [0.25, 0.3) is 0 Å². The van der Waals surface area contributed by atoms with Crippen molar-refractivity contribution in [3.05, 3.63) is 68.7 Å². The largest absolute Gasteiger partial charge is 0.456 e. The van der Waals surface area contributed by atoms with E-state index in [1.54, 1.807) is 30.3 Å². The maximum absolute atomic E-state index is 12.3. The Labute approximate surface area is 160 Å². The van der Waals surface area contributed by atoms with Crippen molar-refractivity contribution >= 4 is 33.6 Å². The number of ketones is 1. The monoisotopic (exact) mass is 417 g/mol. The van der Waals surface area contributed by atoms with Crippen LogP contribution in [0.2, 0.25) is 0 Å². The van der Waals surface area contributed by atoms with Crippen LogP contribution in [0.1, 0.15) is 37.4 Å². The topological polar surface area (TPSA) is 72.5 Å². The molecule has 0 saturated heterocycles. The van der Waals surface area contributed by atoms with E-state index in [2.05, 4.69) is 21.2 Å². The van der Waals surface area contributed by atoms with Crippen LogP contribution in [-0.4, -0.2) is 30.8 Å². The summed E-state index contributed by atoms with van der Waals surface area (Å²) in [4.78, 5) is 36.0. The Morgan fingerprint density at radius 1 is 0.962 bits per heavy atom. The standard InChI is InChI=1S/C20H20BrNO4/c1-12-8-14(3)17(9-13(12)2)18(23)11-26-19(24)10-22-20(25)15-4-6-16(21)7-5-15/h4-9H,10-11H2,1-3H3,(H,22,25). The van der Waals surface area contributed by atoms with Crippen molar-refractivity contribution in [2.45, 2.75) is 20.8 Å². The molecule has 0 bridgehead atoms. The summed E-state index contributed by atoms with van der Waals surface area (Å²) in [6, 6.07) is 10.5. The van der Waals surface area contributed by atoms with E-state index in [0.29, 0.717) is 11.1 Å². The smallest absolute Gasteiger partial charge is 0.325 e. The normalized spacial score (nSPS) is 10.3. The third-order valence-electron chi connectivity index (χ3n) is 4.01. The minimum absolute atomic E-state index is 0.266. The molecule has 136 valence electrons. The number of ether oxygens (including phenoxy) is 1. The Balaban J connectivity index is 1.85.